The Balaban J connectivity index is 2.04. The first-order chi connectivity index (χ1) is 14.0. The van der Waals surface area contributed by atoms with Crippen LogP contribution in [0.15, 0.2) is 91.0 Å². The molecule has 4 aromatic carbocycles. The van der Waals surface area contributed by atoms with E-state index >= 15 is 0 Å². The van der Waals surface area contributed by atoms with Gasteiger partial charge in [0.2, 0.25) is 0 Å². The lowest BCUT2D eigenvalue weighted by Crippen LogP contribution is -2.38. The molecule has 0 saturated carbocycles. The Morgan fingerprint density at radius 1 is 0.655 bits per heavy atom. The van der Waals surface area contributed by atoms with Crippen LogP contribution in [-0.2, 0) is 0 Å². The first kappa shape index (κ1) is 18.4. The molecule has 0 unspecified atom stereocenters. The number of thiophene rings is 1. The smallest absolute Gasteiger partial charge is 0.0795 e. The monoisotopic (exact) mass is 408 g/mol. The zero-order valence-corrected chi connectivity index (χ0v) is 18.9. The summed E-state index contributed by atoms with van der Waals surface area (Å²) in [4.78, 5) is 0. The SMILES string of the molecule is C[Si](C)(C)c1cc(-c2ccccc2)c(-c2ccccc2)c2c1sc1ccccc12. The standard InChI is InChI=1S/C27H24SSi/c1-29(2,3)24-18-22(19-12-6-4-7-13-19)25(20-14-8-5-9-15-20)26-21-16-10-11-17-23(21)28-27(24)26/h4-18H,1-3H3. The largest absolute Gasteiger partial charge is 0.135 e. The molecule has 0 aliphatic rings. The van der Waals surface area contributed by atoms with Crippen molar-refractivity contribution in [3.05, 3.63) is 91.0 Å². The van der Waals surface area contributed by atoms with Crippen molar-refractivity contribution in [1.29, 1.82) is 0 Å². The molecule has 0 nitrogen and oxygen atoms in total. The Morgan fingerprint density at radius 3 is 1.90 bits per heavy atom. The van der Waals surface area contributed by atoms with Crippen LogP contribution in [0.1, 0.15) is 0 Å². The fourth-order valence-corrected chi connectivity index (χ4v) is 7.79. The molecule has 0 spiro atoms. The molecule has 5 rings (SSSR count). The molecule has 0 amide bonds. The fourth-order valence-electron chi connectivity index (χ4n) is 4.21. The lowest BCUT2D eigenvalue weighted by Gasteiger charge is -2.22. The zero-order valence-electron chi connectivity index (χ0n) is 17.1. The number of fused-ring (bicyclic) bond motifs is 3. The molecule has 142 valence electrons. The van der Waals surface area contributed by atoms with E-state index in [1.807, 2.05) is 11.3 Å². The second-order valence-electron chi connectivity index (χ2n) is 8.63. The highest BCUT2D eigenvalue weighted by atomic mass is 32.1. The van der Waals surface area contributed by atoms with Crippen LogP contribution in [0, 0.1) is 0 Å². The van der Waals surface area contributed by atoms with Crippen LogP contribution in [-0.4, -0.2) is 8.07 Å². The maximum Gasteiger partial charge on any atom is 0.0795 e. The summed E-state index contributed by atoms with van der Waals surface area (Å²) in [5.41, 5.74) is 5.31. The van der Waals surface area contributed by atoms with E-state index in [2.05, 4.69) is 111 Å². The third-order valence-corrected chi connectivity index (χ3v) is 9.00. The molecule has 5 aromatic rings. The van der Waals surface area contributed by atoms with Gasteiger partial charge in [-0.2, -0.15) is 0 Å². The van der Waals surface area contributed by atoms with Crippen LogP contribution in [0.4, 0.5) is 0 Å². The third-order valence-electron chi connectivity index (χ3n) is 5.60. The predicted octanol–water partition coefficient (Wildman–Crippen LogP) is 7.93. The summed E-state index contributed by atoms with van der Waals surface area (Å²) in [7, 11) is -1.54. The number of benzene rings is 4. The minimum atomic E-state index is -1.54. The molecule has 1 aromatic heterocycles. The van der Waals surface area contributed by atoms with E-state index in [9.17, 15) is 0 Å². The molecule has 0 N–H and O–H groups in total. The lowest BCUT2D eigenvalue weighted by molar-refractivity contribution is 1.62. The maximum atomic E-state index is 2.50. The van der Waals surface area contributed by atoms with Gasteiger partial charge in [-0.1, -0.05) is 105 Å². The summed E-state index contributed by atoms with van der Waals surface area (Å²) in [5, 5.41) is 4.37. The van der Waals surface area contributed by atoms with Crippen molar-refractivity contribution >= 4 is 44.8 Å². The normalized spacial score (nSPS) is 12.0. The van der Waals surface area contributed by atoms with E-state index in [0.29, 0.717) is 0 Å². The first-order valence-electron chi connectivity index (χ1n) is 10.1. The summed E-state index contributed by atoms with van der Waals surface area (Å²) in [6, 6.07) is 33.2. The minimum Gasteiger partial charge on any atom is -0.135 e. The van der Waals surface area contributed by atoms with Gasteiger partial charge in [-0.25, -0.2) is 0 Å². The Morgan fingerprint density at radius 2 is 1.24 bits per heavy atom. The molecule has 2 heteroatoms. The van der Waals surface area contributed by atoms with Gasteiger partial charge in [0.05, 0.1) is 8.07 Å². The molecule has 0 bridgehead atoms. The minimum absolute atomic E-state index is 1.29. The number of hydrogen-bond donors (Lipinski definition) is 0. The quantitative estimate of drug-likeness (QED) is 0.266. The average molecular weight is 409 g/mol. The van der Waals surface area contributed by atoms with Crippen LogP contribution >= 0.6 is 11.3 Å². The molecule has 1 heterocycles. The Hall–Kier alpha value is -2.68. The molecule has 29 heavy (non-hydrogen) atoms. The highest BCUT2D eigenvalue weighted by molar-refractivity contribution is 7.27. The molecular formula is C27H24SSi. The van der Waals surface area contributed by atoms with E-state index < -0.39 is 8.07 Å². The van der Waals surface area contributed by atoms with Crippen molar-refractivity contribution in [3.63, 3.8) is 0 Å². The summed E-state index contributed by atoms with van der Waals surface area (Å²) >= 11 is 1.96. The predicted molar refractivity (Wildman–Crippen MR) is 133 cm³/mol. The summed E-state index contributed by atoms with van der Waals surface area (Å²) in [6.07, 6.45) is 0. The van der Waals surface area contributed by atoms with Crippen molar-refractivity contribution < 1.29 is 0 Å². The molecule has 0 atom stereocenters. The Bertz CT molecular complexity index is 1310. The van der Waals surface area contributed by atoms with Gasteiger partial charge in [0.1, 0.15) is 0 Å². The van der Waals surface area contributed by atoms with Crippen LogP contribution in [0.3, 0.4) is 0 Å². The fraction of sp³-hybridized carbons (Fsp3) is 0.111. The van der Waals surface area contributed by atoms with Crippen LogP contribution in [0.25, 0.3) is 42.4 Å². The summed E-state index contributed by atoms with van der Waals surface area (Å²) < 4.78 is 2.85. The van der Waals surface area contributed by atoms with Gasteiger partial charge in [-0.05, 0) is 33.5 Å². The van der Waals surface area contributed by atoms with Crippen LogP contribution < -0.4 is 5.19 Å². The van der Waals surface area contributed by atoms with E-state index in [1.165, 1.54) is 42.4 Å². The second-order valence-corrected chi connectivity index (χ2v) is 14.7. The number of rotatable bonds is 3. The van der Waals surface area contributed by atoms with E-state index in [4.69, 9.17) is 0 Å². The van der Waals surface area contributed by atoms with E-state index in [-0.39, 0.29) is 0 Å². The average Bonchev–Trinajstić information content (AvgIpc) is 3.12. The van der Waals surface area contributed by atoms with Crippen LogP contribution in [0.2, 0.25) is 19.6 Å². The van der Waals surface area contributed by atoms with E-state index in [1.54, 1.807) is 5.19 Å². The van der Waals surface area contributed by atoms with Gasteiger partial charge in [0, 0.05) is 20.2 Å². The third kappa shape index (κ3) is 3.13. The summed E-state index contributed by atoms with van der Waals surface area (Å²) in [5.74, 6) is 0. The first-order valence-corrected chi connectivity index (χ1v) is 14.5. The highest BCUT2D eigenvalue weighted by Crippen LogP contribution is 2.44. The lowest BCUT2D eigenvalue weighted by atomic mass is 9.90. The van der Waals surface area contributed by atoms with Crippen LogP contribution in [0.5, 0.6) is 0 Å². The zero-order chi connectivity index (χ0) is 20.0. The van der Waals surface area contributed by atoms with Gasteiger partial charge < -0.3 is 0 Å². The van der Waals surface area contributed by atoms with Gasteiger partial charge in [0.15, 0.2) is 0 Å². The number of hydrogen-bond acceptors (Lipinski definition) is 1. The van der Waals surface area contributed by atoms with E-state index in [0.717, 1.165) is 0 Å². The topological polar surface area (TPSA) is 0 Å². The van der Waals surface area contributed by atoms with Gasteiger partial charge >= 0.3 is 0 Å². The molecular weight excluding hydrogens is 384 g/mol. The molecule has 0 aliphatic carbocycles. The molecule has 0 fully saturated rings. The van der Waals surface area contributed by atoms with Crippen molar-refractivity contribution in [2.45, 2.75) is 19.6 Å². The molecule has 0 aliphatic heterocycles. The molecule has 0 radical (unpaired) electrons. The van der Waals surface area contributed by atoms with Crippen molar-refractivity contribution in [1.82, 2.24) is 0 Å². The Labute approximate surface area is 177 Å². The van der Waals surface area contributed by atoms with Gasteiger partial charge in [0.25, 0.3) is 0 Å². The second kappa shape index (κ2) is 6.98. The molecule has 0 saturated heterocycles. The van der Waals surface area contributed by atoms with Gasteiger partial charge in [-0.3, -0.25) is 0 Å². The van der Waals surface area contributed by atoms with Gasteiger partial charge in [-0.15, -0.1) is 11.3 Å². The highest BCUT2D eigenvalue weighted by Gasteiger charge is 2.26. The van der Waals surface area contributed by atoms with Crippen molar-refractivity contribution in [3.8, 4) is 22.3 Å². The Kier molecular flexibility index (Phi) is 4.42. The maximum absolute atomic E-state index is 2.50. The van der Waals surface area contributed by atoms with Crippen molar-refractivity contribution in [2.75, 3.05) is 0 Å². The summed E-state index contributed by atoms with van der Waals surface area (Å²) in [6.45, 7) is 7.38. The van der Waals surface area contributed by atoms with Crippen molar-refractivity contribution in [2.24, 2.45) is 0 Å².